The van der Waals surface area contributed by atoms with Gasteiger partial charge in [0.2, 0.25) is 0 Å². The van der Waals surface area contributed by atoms with E-state index in [1.807, 2.05) is 6.92 Å². The molecule has 0 aliphatic carbocycles. The molecule has 4 aromatic rings. The lowest BCUT2D eigenvalue weighted by Gasteiger charge is -2.21. The Hall–Kier alpha value is -4.26. The molecule has 4 heterocycles. The van der Waals surface area contributed by atoms with Crippen LogP contribution in [0.25, 0.3) is 16.9 Å². The number of benzene rings is 1. The van der Waals surface area contributed by atoms with E-state index < -0.39 is 18.6 Å². The van der Waals surface area contributed by atoms with Crippen LogP contribution in [-0.2, 0) is 6.54 Å². The average molecular weight is 499 g/mol. The third-order valence-corrected chi connectivity index (χ3v) is 5.63. The van der Waals surface area contributed by atoms with Gasteiger partial charge in [0.05, 0.1) is 35.8 Å². The molecule has 188 valence electrons. The summed E-state index contributed by atoms with van der Waals surface area (Å²) in [6.07, 6.45) is 5.88. The number of aromatic nitrogens is 5. The first-order valence-electron chi connectivity index (χ1n) is 11.3. The monoisotopic (exact) mass is 499 g/mol. The van der Waals surface area contributed by atoms with Gasteiger partial charge in [-0.2, -0.15) is 19.0 Å². The molecule has 5 rings (SSSR count). The number of aliphatic hydroxyl groups excluding tert-OH is 1. The number of nitrogens with zero attached hydrogens (tertiary/aromatic N) is 5. The molecule has 1 amide bonds. The Morgan fingerprint density at radius 2 is 2.25 bits per heavy atom. The van der Waals surface area contributed by atoms with E-state index >= 15 is 0 Å². The molecule has 1 aliphatic rings. The molecule has 0 bridgehead atoms. The number of ether oxygens (including phenoxy) is 2. The lowest BCUT2D eigenvalue weighted by molar-refractivity contribution is -0.0494. The predicted molar refractivity (Wildman–Crippen MR) is 126 cm³/mol. The molecule has 0 spiro atoms. The Kier molecular flexibility index (Phi) is 6.38. The van der Waals surface area contributed by atoms with Crippen LogP contribution < -0.4 is 20.1 Å². The van der Waals surface area contributed by atoms with Gasteiger partial charge in [0.25, 0.3) is 5.91 Å². The van der Waals surface area contributed by atoms with Gasteiger partial charge in [0.15, 0.2) is 5.65 Å². The second-order valence-electron chi connectivity index (χ2n) is 8.07. The highest BCUT2D eigenvalue weighted by Crippen LogP contribution is 2.42. The summed E-state index contributed by atoms with van der Waals surface area (Å²) < 4.78 is 40.0. The zero-order chi connectivity index (χ0) is 25.2. The molecule has 11 nitrogen and oxygen atoms in total. The van der Waals surface area contributed by atoms with Gasteiger partial charge in [-0.15, -0.1) is 0 Å². The maximum atomic E-state index is 13.3. The summed E-state index contributed by atoms with van der Waals surface area (Å²) in [7, 11) is 0. The molecule has 1 unspecified atom stereocenters. The fourth-order valence-electron chi connectivity index (χ4n) is 3.87. The Balaban J connectivity index is 1.58. The zero-order valence-electron chi connectivity index (χ0n) is 19.2. The second-order valence-corrected chi connectivity index (χ2v) is 8.07. The Bertz CT molecular complexity index is 1400. The lowest BCUT2D eigenvalue weighted by atomic mass is 10.1. The van der Waals surface area contributed by atoms with Gasteiger partial charge in [-0.3, -0.25) is 9.48 Å². The van der Waals surface area contributed by atoms with E-state index in [2.05, 4.69) is 25.8 Å². The Morgan fingerprint density at radius 3 is 3.06 bits per heavy atom. The van der Waals surface area contributed by atoms with Crippen molar-refractivity contribution in [3.05, 3.63) is 48.5 Å². The van der Waals surface area contributed by atoms with Crippen LogP contribution in [0.5, 0.6) is 11.5 Å². The van der Waals surface area contributed by atoms with E-state index in [-0.39, 0.29) is 34.8 Å². The molecule has 3 N–H and O–H groups in total. The topological polar surface area (TPSA) is 128 Å². The van der Waals surface area contributed by atoms with Crippen molar-refractivity contribution in [1.29, 1.82) is 0 Å². The van der Waals surface area contributed by atoms with Crippen LogP contribution in [0.15, 0.2) is 43.0 Å². The SMILES string of the molecule is CCC(O)Cn1cc(NC(=O)c2cnn3cccnc23)c(-c2cc3c(cc2OC(F)F)NCCO3)n1. The number of amides is 1. The van der Waals surface area contributed by atoms with Crippen molar-refractivity contribution in [1.82, 2.24) is 24.4 Å². The third-order valence-electron chi connectivity index (χ3n) is 5.63. The molecule has 1 aliphatic heterocycles. The highest BCUT2D eigenvalue weighted by molar-refractivity contribution is 6.09. The van der Waals surface area contributed by atoms with Gasteiger partial charge in [-0.1, -0.05) is 6.92 Å². The van der Waals surface area contributed by atoms with Crippen LogP contribution in [0.2, 0.25) is 0 Å². The zero-order valence-corrected chi connectivity index (χ0v) is 19.2. The van der Waals surface area contributed by atoms with Gasteiger partial charge in [-0.25, -0.2) is 9.50 Å². The van der Waals surface area contributed by atoms with E-state index in [9.17, 15) is 18.7 Å². The van der Waals surface area contributed by atoms with Crippen LogP contribution >= 0.6 is 0 Å². The third kappa shape index (κ3) is 4.64. The smallest absolute Gasteiger partial charge is 0.387 e. The number of carbonyl (C=O) groups excluding carboxylic acids is 1. The van der Waals surface area contributed by atoms with Crippen molar-refractivity contribution in [3.8, 4) is 22.8 Å². The molecular formula is C23H23F2N7O4. The number of nitrogens with one attached hydrogen (secondary N) is 2. The van der Waals surface area contributed by atoms with E-state index in [1.165, 1.54) is 33.7 Å². The summed E-state index contributed by atoms with van der Waals surface area (Å²) in [5.74, 6) is -0.228. The molecule has 36 heavy (non-hydrogen) atoms. The summed E-state index contributed by atoms with van der Waals surface area (Å²) in [4.78, 5) is 17.4. The number of aliphatic hydroxyl groups is 1. The van der Waals surface area contributed by atoms with E-state index in [0.717, 1.165) is 0 Å². The first-order chi connectivity index (χ1) is 17.4. The number of halogens is 2. The van der Waals surface area contributed by atoms with Gasteiger partial charge < -0.3 is 25.2 Å². The molecule has 1 aromatic carbocycles. The number of fused-ring (bicyclic) bond motifs is 2. The van der Waals surface area contributed by atoms with E-state index in [1.54, 1.807) is 18.5 Å². The molecule has 0 radical (unpaired) electrons. The van der Waals surface area contributed by atoms with Crippen LogP contribution in [0.3, 0.4) is 0 Å². The van der Waals surface area contributed by atoms with Crippen molar-refractivity contribution in [3.63, 3.8) is 0 Å². The van der Waals surface area contributed by atoms with E-state index in [0.29, 0.717) is 36.7 Å². The van der Waals surface area contributed by atoms with Crippen LogP contribution in [0.4, 0.5) is 20.2 Å². The lowest BCUT2D eigenvalue weighted by Crippen LogP contribution is -2.18. The van der Waals surface area contributed by atoms with Crippen molar-refractivity contribution in [2.24, 2.45) is 0 Å². The minimum atomic E-state index is -3.08. The van der Waals surface area contributed by atoms with Gasteiger partial charge in [0.1, 0.15) is 29.4 Å². The molecular weight excluding hydrogens is 476 g/mol. The average Bonchev–Trinajstić information content (AvgIpc) is 3.47. The summed E-state index contributed by atoms with van der Waals surface area (Å²) >= 11 is 0. The van der Waals surface area contributed by atoms with Gasteiger partial charge >= 0.3 is 6.61 Å². The maximum Gasteiger partial charge on any atom is 0.387 e. The van der Waals surface area contributed by atoms with Crippen molar-refractivity contribution < 1.29 is 28.2 Å². The molecule has 0 fully saturated rings. The number of anilines is 2. The van der Waals surface area contributed by atoms with Crippen molar-refractivity contribution in [2.75, 3.05) is 23.8 Å². The Labute approximate surface area is 203 Å². The summed E-state index contributed by atoms with van der Waals surface area (Å²) in [5, 5.41) is 24.6. The summed E-state index contributed by atoms with van der Waals surface area (Å²) in [5.41, 5.74) is 1.65. The van der Waals surface area contributed by atoms with Crippen LogP contribution in [0, 0.1) is 0 Å². The fourth-order valence-corrected chi connectivity index (χ4v) is 3.87. The highest BCUT2D eigenvalue weighted by atomic mass is 19.3. The predicted octanol–water partition coefficient (Wildman–Crippen LogP) is 3.02. The number of alkyl halides is 2. The molecule has 13 heteroatoms. The standard InChI is InChI=1S/C23H23F2N7O4/c1-2-13(33)11-31-12-17(29-22(34)15-10-28-32-6-3-4-27-21(15)32)20(30-31)14-8-19-16(26-5-7-35-19)9-18(14)36-23(24)25/h3-4,6,8-10,12-13,23,26,33H,2,5,7,11H2,1H3,(H,29,34). The first kappa shape index (κ1) is 23.5. The van der Waals surface area contributed by atoms with Gasteiger partial charge in [0, 0.05) is 31.2 Å². The molecule has 0 saturated carbocycles. The molecule has 0 saturated heterocycles. The minimum Gasteiger partial charge on any atom is -0.490 e. The van der Waals surface area contributed by atoms with E-state index in [4.69, 9.17) is 9.47 Å². The number of hydrogen-bond acceptors (Lipinski definition) is 8. The summed E-state index contributed by atoms with van der Waals surface area (Å²) in [6, 6.07) is 4.63. The first-order valence-corrected chi connectivity index (χ1v) is 11.3. The second kappa shape index (κ2) is 9.77. The molecule has 1 atom stereocenters. The normalized spacial score (nSPS) is 13.7. The maximum absolute atomic E-state index is 13.3. The number of hydrogen-bond donors (Lipinski definition) is 3. The largest absolute Gasteiger partial charge is 0.490 e. The highest BCUT2D eigenvalue weighted by Gasteiger charge is 2.25. The minimum absolute atomic E-state index is 0.131. The number of carbonyl (C=O) groups is 1. The van der Waals surface area contributed by atoms with Crippen LogP contribution in [0.1, 0.15) is 23.7 Å². The Morgan fingerprint density at radius 1 is 1.39 bits per heavy atom. The van der Waals surface area contributed by atoms with Crippen molar-refractivity contribution >= 4 is 22.9 Å². The fraction of sp³-hybridized carbons (Fsp3) is 0.304. The van der Waals surface area contributed by atoms with Gasteiger partial charge in [-0.05, 0) is 18.6 Å². The summed E-state index contributed by atoms with van der Waals surface area (Å²) in [6.45, 7) is -0.231. The number of rotatable bonds is 8. The quantitative estimate of drug-likeness (QED) is 0.338. The van der Waals surface area contributed by atoms with Crippen LogP contribution in [-0.4, -0.2) is 61.3 Å². The van der Waals surface area contributed by atoms with Crippen molar-refractivity contribution in [2.45, 2.75) is 32.6 Å². The molecule has 3 aromatic heterocycles.